The van der Waals surface area contributed by atoms with E-state index in [1.165, 1.54) is 24.3 Å². The van der Waals surface area contributed by atoms with Gasteiger partial charge in [0.25, 0.3) is 0 Å². The second-order valence-electron chi connectivity index (χ2n) is 6.89. The summed E-state index contributed by atoms with van der Waals surface area (Å²) in [5.74, 6) is 3.04. The molecular formula is C16H27NO2S. The van der Waals surface area contributed by atoms with Gasteiger partial charge in [0.1, 0.15) is 5.78 Å². The van der Waals surface area contributed by atoms with Crippen molar-refractivity contribution in [3.8, 4) is 0 Å². The molecule has 0 aromatic carbocycles. The lowest BCUT2D eigenvalue weighted by molar-refractivity contribution is -0.146. The van der Waals surface area contributed by atoms with E-state index in [0.717, 1.165) is 45.1 Å². The zero-order chi connectivity index (χ0) is 14.1. The molecule has 1 saturated carbocycles. The molecule has 114 valence electrons. The quantitative estimate of drug-likeness (QED) is 0.870. The fourth-order valence-corrected chi connectivity index (χ4v) is 5.62. The molecule has 1 atom stereocenters. The van der Waals surface area contributed by atoms with Crippen LogP contribution < -0.4 is 5.73 Å². The number of ketones is 1. The number of hydrogen-bond donors (Lipinski definition) is 1. The van der Waals surface area contributed by atoms with Gasteiger partial charge in [-0.1, -0.05) is 12.8 Å². The van der Waals surface area contributed by atoms with E-state index in [1.54, 1.807) is 0 Å². The summed E-state index contributed by atoms with van der Waals surface area (Å²) in [4.78, 5) is 13.0. The van der Waals surface area contributed by atoms with Gasteiger partial charge in [-0.2, -0.15) is 11.8 Å². The maximum Gasteiger partial charge on any atom is 0.143 e. The number of rotatable bonds is 3. The minimum absolute atomic E-state index is 0.0121. The Labute approximate surface area is 126 Å². The van der Waals surface area contributed by atoms with Gasteiger partial charge in [-0.3, -0.25) is 4.79 Å². The molecule has 3 rings (SSSR count). The van der Waals surface area contributed by atoms with Crippen molar-refractivity contribution in [1.29, 1.82) is 0 Å². The number of nitrogens with two attached hydrogens (primary N) is 1. The normalized spacial score (nSPS) is 32.4. The van der Waals surface area contributed by atoms with Crippen LogP contribution in [-0.4, -0.2) is 36.0 Å². The van der Waals surface area contributed by atoms with Crippen LogP contribution in [0.2, 0.25) is 0 Å². The third kappa shape index (κ3) is 2.67. The standard InChI is InChI=1S/C16H27NO2S/c17-12-15(4-1-2-5-15)14(18)13-3-8-19-16(11-13)6-9-20-10-7-16/h13H,1-12,17H2. The second kappa shape index (κ2) is 5.98. The van der Waals surface area contributed by atoms with E-state index >= 15 is 0 Å². The summed E-state index contributed by atoms with van der Waals surface area (Å²) in [6.45, 7) is 1.31. The van der Waals surface area contributed by atoms with Gasteiger partial charge in [0.2, 0.25) is 0 Å². The van der Waals surface area contributed by atoms with E-state index in [0.29, 0.717) is 12.3 Å². The number of carbonyl (C=O) groups excluding carboxylic acids is 1. The molecular weight excluding hydrogens is 270 g/mol. The number of carbonyl (C=O) groups is 1. The summed E-state index contributed by atoms with van der Waals surface area (Å²) in [5, 5.41) is 0. The van der Waals surface area contributed by atoms with Crippen molar-refractivity contribution in [3.05, 3.63) is 0 Å². The Morgan fingerprint density at radius 1 is 1.20 bits per heavy atom. The van der Waals surface area contributed by atoms with Gasteiger partial charge in [0.15, 0.2) is 0 Å². The average molecular weight is 297 g/mol. The number of ether oxygens (including phenoxy) is 1. The van der Waals surface area contributed by atoms with Crippen LogP contribution in [0, 0.1) is 11.3 Å². The summed E-state index contributed by atoms with van der Waals surface area (Å²) in [6.07, 6.45) is 8.49. The van der Waals surface area contributed by atoms with Gasteiger partial charge in [-0.05, 0) is 50.0 Å². The van der Waals surface area contributed by atoms with Crippen LogP contribution in [0.15, 0.2) is 0 Å². The lowest BCUT2D eigenvalue weighted by Crippen LogP contribution is -2.48. The summed E-state index contributed by atoms with van der Waals surface area (Å²) in [7, 11) is 0. The zero-order valence-corrected chi connectivity index (χ0v) is 13.2. The predicted octanol–water partition coefficient (Wildman–Crippen LogP) is 2.77. The van der Waals surface area contributed by atoms with E-state index in [4.69, 9.17) is 10.5 Å². The minimum Gasteiger partial charge on any atom is -0.375 e. The monoisotopic (exact) mass is 297 g/mol. The van der Waals surface area contributed by atoms with Gasteiger partial charge in [0.05, 0.1) is 5.60 Å². The van der Waals surface area contributed by atoms with Crippen LogP contribution in [0.25, 0.3) is 0 Å². The van der Waals surface area contributed by atoms with Gasteiger partial charge in [-0.25, -0.2) is 0 Å². The molecule has 4 heteroatoms. The Balaban J connectivity index is 1.71. The van der Waals surface area contributed by atoms with Crippen molar-refractivity contribution < 1.29 is 9.53 Å². The Hall–Kier alpha value is -0.0600. The van der Waals surface area contributed by atoms with E-state index in [-0.39, 0.29) is 16.9 Å². The van der Waals surface area contributed by atoms with E-state index in [1.807, 2.05) is 11.8 Å². The smallest absolute Gasteiger partial charge is 0.143 e. The van der Waals surface area contributed by atoms with Crippen molar-refractivity contribution in [2.24, 2.45) is 17.1 Å². The van der Waals surface area contributed by atoms with Crippen LogP contribution in [0.4, 0.5) is 0 Å². The molecule has 2 N–H and O–H groups in total. The molecule has 0 bridgehead atoms. The highest BCUT2D eigenvalue weighted by Crippen LogP contribution is 2.45. The van der Waals surface area contributed by atoms with Crippen molar-refractivity contribution in [3.63, 3.8) is 0 Å². The molecule has 3 aliphatic rings. The van der Waals surface area contributed by atoms with E-state index in [2.05, 4.69) is 0 Å². The van der Waals surface area contributed by atoms with Crippen molar-refractivity contribution in [2.75, 3.05) is 24.7 Å². The molecule has 1 spiro atoms. The summed E-state index contributed by atoms with van der Waals surface area (Å²) >= 11 is 2.02. The topological polar surface area (TPSA) is 52.3 Å². The maximum absolute atomic E-state index is 13.0. The molecule has 0 aromatic heterocycles. The van der Waals surface area contributed by atoms with Crippen molar-refractivity contribution in [1.82, 2.24) is 0 Å². The van der Waals surface area contributed by atoms with Gasteiger partial charge < -0.3 is 10.5 Å². The van der Waals surface area contributed by atoms with E-state index < -0.39 is 0 Å². The predicted molar refractivity (Wildman–Crippen MR) is 82.9 cm³/mol. The van der Waals surface area contributed by atoms with Crippen molar-refractivity contribution in [2.45, 2.75) is 57.0 Å². The van der Waals surface area contributed by atoms with Crippen molar-refractivity contribution >= 4 is 17.5 Å². The summed E-state index contributed by atoms with van der Waals surface area (Å²) in [5.41, 5.74) is 5.82. The Morgan fingerprint density at radius 2 is 1.90 bits per heavy atom. The second-order valence-corrected chi connectivity index (χ2v) is 8.11. The number of hydrogen-bond acceptors (Lipinski definition) is 4. The first kappa shape index (κ1) is 14.9. The highest BCUT2D eigenvalue weighted by Gasteiger charge is 2.47. The molecule has 1 aliphatic carbocycles. The molecule has 1 unspecified atom stereocenters. The van der Waals surface area contributed by atoms with E-state index in [9.17, 15) is 4.79 Å². The summed E-state index contributed by atoms with van der Waals surface area (Å²) < 4.78 is 6.12. The molecule has 0 amide bonds. The van der Waals surface area contributed by atoms with Crippen LogP contribution in [0.3, 0.4) is 0 Å². The van der Waals surface area contributed by atoms with Crippen LogP contribution >= 0.6 is 11.8 Å². The molecule has 3 fully saturated rings. The third-order valence-corrected chi connectivity index (χ3v) is 6.73. The minimum atomic E-state index is -0.188. The Kier molecular flexibility index (Phi) is 4.44. The summed E-state index contributed by atoms with van der Waals surface area (Å²) in [6, 6.07) is 0. The first-order valence-corrected chi connectivity index (χ1v) is 9.31. The Bertz CT molecular complexity index is 354. The lowest BCUT2D eigenvalue weighted by Gasteiger charge is -2.44. The first-order valence-electron chi connectivity index (χ1n) is 8.16. The van der Waals surface area contributed by atoms with Crippen LogP contribution in [-0.2, 0) is 9.53 Å². The largest absolute Gasteiger partial charge is 0.375 e. The molecule has 2 saturated heterocycles. The Morgan fingerprint density at radius 3 is 2.55 bits per heavy atom. The first-order chi connectivity index (χ1) is 9.70. The van der Waals surface area contributed by atoms with Gasteiger partial charge in [-0.15, -0.1) is 0 Å². The third-order valence-electron chi connectivity index (χ3n) is 5.74. The molecule has 20 heavy (non-hydrogen) atoms. The highest BCUT2D eigenvalue weighted by atomic mass is 32.2. The van der Waals surface area contributed by atoms with Crippen LogP contribution in [0.5, 0.6) is 0 Å². The molecule has 0 radical (unpaired) electrons. The zero-order valence-electron chi connectivity index (χ0n) is 12.4. The molecule has 2 heterocycles. The van der Waals surface area contributed by atoms with Gasteiger partial charge >= 0.3 is 0 Å². The SMILES string of the molecule is NCC1(C(=O)C2CCOC3(CCSCC3)C2)CCCC1. The molecule has 3 nitrogen and oxygen atoms in total. The molecule has 0 aromatic rings. The number of Topliss-reactive ketones (excluding diaryl/α,β-unsaturated/α-hetero) is 1. The molecule has 2 aliphatic heterocycles. The van der Waals surface area contributed by atoms with Gasteiger partial charge in [0, 0.05) is 24.5 Å². The highest BCUT2D eigenvalue weighted by molar-refractivity contribution is 7.99. The average Bonchev–Trinajstić information content (AvgIpc) is 2.97. The van der Waals surface area contributed by atoms with Crippen LogP contribution in [0.1, 0.15) is 51.4 Å². The number of thioether (sulfide) groups is 1. The maximum atomic E-state index is 13.0. The lowest BCUT2D eigenvalue weighted by atomic mass is 9.70. The fourth-order valence-electron chi connectivity index (χ4n) is 4.38. The fraction of sp³-hybridized carbons (Fsp3) is 0.938.